The summed E-state index contributed by atoms with van der Waals surface area (Å²) in [4.78, 5) is 10.9. The number of aliphatic carboxylic acids is 1. The van der Waals surface area contributed by atoms with Crippen LogP contribution in [-0.2, 0) is 21.2 Å². The average Bonchev–Trinajstić information content (AvgIpc) is 3.11. The van der Waals surface area contributed by atoms with Crippen LogP contribution >= 0.6 is 0 Å². The van der Waals surface area contributed by atoms with Crippen molar-refractivity contribution < 1.29 is 27.4 Å². The van der Waals surface area contributed by atoms with Crippen LogP contribution in [0.5, 0.6) is 5.75 Å². The minimum Gasteiger partial charge on any atom is -0.493 e. The molecule has 3 rings (SSSR count). The first-order valence-electron chi connectivity index (χ1n) is 7.46. The molecule has 0 amide bonds. The highest BCUT2D eigenvalue weighted by atomic mass is 32.2. The molecule has 0 spiro atoms. The molecule has 0 aromatic heterocycles. The second-order valence-corrected chi connectivity index (χ2v) is 7.89. The summed E-state index contributed by atoms with van der Waals surface area (Å²) in [5.74, 6) is -1.25. The van der Waals surface area contributed by atoms with Gasteiger partial charge in [-0.2, -0.15) is 0 Å². The van der Waals surface area contributed by atoms with E-state index in [1.165, 1.54) is 12.1 Å². The number of benzene rings is 1. The number of ether oxygens (including phenoxy) is 1. The molecule has 126 valence electrons. The van der Waals surface area contributed by atoms with Gasteiger partial charge in [-0.15, -0.1) is 0 Å². The Balaban J connectivity index is 1.69. The Morgan fingerprint density at radius 2 is 2.26 bits per heavy atom. The Labute approximate surface area is 133 Å². The van der Waals surface area contributed by atoms with Crippen LogP contribution < -0.4 is 9.46 Å². The number of rotatable bonds is 5. The first-order chi connectivity index (χ1) is 10.8. The second kappa shape index (κ2) is 5.76. The Morgan fingerprint density at radius 3 is 2.96 bits per heavy atom. The Morgan fingerprint density at radius 1 is 1.48 bits per heavy atom. The predicted molar refractivity (Wildman–Crippen MR) is 79.6 cm³/mol. The van der Waals surface area contributed by atoms with Gasteiger partial charge in [0.1, 0.15) is 11.4 Å². The fourth-order valence-corrected chi connectivity index (χ4v) is 4.20. The van der Waals surface area contributed by atoms with Crippen LogP contribution in [0.25, 0.3) is 0 Å². The third-order valence-electron chi connectivity index (χ3n) is 4.46. The minimum absolute atomic E-state index is 0.0227. The van der Waals surface area contributed by atoms with Crippen molar-refractivity contribution in [2.75, 3.05) is 13.2 Å². The van der Waals surface area contributed by atoms with Crippen LogP contribution in [0, 0.1) is 5.92 Å². The molecule has 1 aliphatic carbocycles. The summed E-state index contributed by atoms with van der Waals surface area (Å²) >= 11 is 0. The number of alkyl halides is 1. The van der Waals surface area contributed by atoms with Crippen LogP contribution in [0.2, 0.25) is 0 Å². The van der Waals surface area contributed by atoms with Gasteiger partial charge in [-0.05, 0) is 30.9 Å². The fourth-order valence-electron chi connectivity index (χ4n) is 3.07. The average molecular weight is 343 g/mol. The molecular formula is C15H18FNO5S. The van der Waals surface area contributed by atoms with Crippen molar-refractivity contribution in [1.82, 2.24) is 4.72 Å². The molecule has 23 heavy (non-hydrogen) atoms. The molecule has 1 aromatic rings. The molecule has 2 atom stereocenters. The van der Waals surface area contributed by atoms with Crippen LogP contribution in [-0.4, -0.2) is 38.3 Å². The van der Waals surface area contributed by atoms with E-state index < -0.39 is 34.1 Å². The monoisotopic (exact) mass is 343 g/mol. The van der Waals surface area contributed by atoms with Crippen LogP contribution in [0.4, 0.5) is 4.39 Å². The number of carboxylic acids is 1. The summed E-state index contributed by atoms with van der Waals surface area (Å²) in [6, 6.07) is 4.60. The molecule has 1 heterocycles. The molecule has 0 bridgehead atoms. The molecule has 0 radical (unpaired) electrons. The predicted octanol–water partition coefficient (Wildman–Crippen LogP) is 1.49. The number of sulfonamides is 1. The van der Waals surface area contributed by atoms with E-state index in [1.807, 2.05) is 0 Å². The number of hydrogen-bond acceptors (Lipinski definition) is 4. The zero-order chi connectivity index (χ0) is 16.7. The quantitative estimate of drug-likeness (QED) is 0.845. The van der Waals surface area contributed by atoms with Gasteiger partial charge in [-0.3, -0.25) is 4.79 Å². The number of halogens is 1. The zero-order valence-electron chi connectivity index (χ0n) is 12.4. The van der Waals surface area contributed by atoms with Gasteiger partial charge in [0.05, 0.1) is 17.4 Å². The molecule has 0 unspecified atom stereocenters. The molecule has 1 fully saturated rings. The lowest BCUT2D eigenvalue weighted by molar-refractivity contribution is -0.141. The van der Waals surface area contributed by atoms with Gasteiger partial charge in [0.15, 0.2) is 0 Å². The van der Waals surface area contributed by atoms with E-state index in [0.717, 1.165) is 12.0 Å². The molecule has 0 saturated heterocycles. The standard InChI is InChI=1S/C15H18FNO5S/c16-15(5-3-11(8-15)14(18)19)9-17-23(20,21)12-2-1-10-4-6-22-13(10)7-12/h1-2,7,11,17H,3-6,8-9H2,(H,18,19)/t11-,15-/m1/s1. The normalized spacial score (nSPS) is 26.7. The van der Waals surface area contributed by atoms with Gasteiger partial charge in [0, 0.05) is 19.0 Å². The molecule has 1 saturated carbocycles. The summed E-state index contributed by atoms with van der Waals surface area (Å²) in [7, 11) is -3.86. The van der Waals surface area contributed by atoms with E-state index in [1.54, 1.807) is 6.07 Å². The summed E-state index contributed by atoms with van der Waals surface area (Å²) in [6.07, 6.45) is 0.839. The van der Waals surface area contributed by atoms with Crippen molar-refractivity contribution in [2.24, 2.45) is 5.92 Å². The van der Waals surface area contributed by atoms with Crippen LogP contribution in [0.1, 0.15) is 24.8 Å². The van der Waals surface area contributed by atoms with E-state index >= 15 is 0 Å². The number of hydrogen-bond donors (Lipinski definition) is 2. The largest absolute Gasteiger partial charge is 0.493 e. The summed E-state index contributed by atoms with van der Waals surface area (Å²) in [6.45, 7) is 0.105. The van der Waals surface area contributed by atoms with Crippen molar-refractivity contribution in [3.8, 4) is 5.75 Å². The number of carboxylic acid groups (broad SMARTS) is 1. The van der Waals surface area contributed by atoms with E-state index in [2.05, 4.69) is 4.72 Å². The minimum atomic E-state index is -3.86. The molecule has 1 aromatic carbocycles. The maximum atomic E-state index is 14.6. The summed E-state index contributed by atoms with van der Waals surface area (Å²) in [5, 5.41) is 8.92. The Bertz CT molecular complexity index is 735. The molecular weight excluding hydrogens is 325 g/mol. The number of nitrogens with one attached hydrogen (secondary N) is 1. The van der Waals surface area contributed by atoms with Crippen LogP contribution in [0.3, 0.4) is 0 Å². The zero-order valence-corrected chi connectivity index (χ0v) is 13.2. The lowest BCUT2D eigenvalue weighted by atomic mass is 10.0. The van der Waals surface area contributed by atoms with Crippen molar-refractivity contribution in [3.05, 3.63) is 23.8 Å². The first-order valence-corrected chi connectivity index (χ1v) is 8.95. The lowest BCUT2D eigenvalue weighted by Gasteiger charge is -2.20. The van der Waals surface area contributed by atoms with Gasteiger partial charge in [-0.1, -0.05) is 6.07 Å². The Hall–Kier alpha value is -1.67. The van der Waals surface area contributed by atoms with Crippen molar-refractivity contribution in [1.29, 1.82) is 0 Å². The fraction of sp³-hybridized carbons (Fsp3) is 0.533. The van der Waals surface area contributed by atoms with Crippen molar-refractivity contribution >= 4 is 16.0 Å². The summed E-state index contributed by atoms with van der Waals surface area (Å²) < 4.78 is 46.8. The maximum absolute atomic E-state index is 14.6. The van der Waals surface area contributed by atoms with Crippen LogP contribution in [0.15, 0.2) is 23.1 Å². The van der Waals surface area contributed by atoms with Gasteiger partial charge >= 0.3 is 5.97 Å². The van der Waals surface area contributed by atoms with E-state index in [9.17, 15) is 17.6 Å². The molecule has 6 nitrogen and oxygen atoms in total. The molecule has 2 N–H and O–H groups in total. The molecule has 2 aliphatic rings. The third kappa shape index (κ3) is 3.32. The molecule has 8 heteroatoms. The SMILES string of the molecule is O=C(O)[C@@H]1CC[C@](F)(CNS(=O)(=O)c2ccc3c(c2)OCC3)C1. The van der Waals surface area contributed by atoms with Gasteiger partial charge in [0.25, 0.3) is 0 Å². The molecule has 1 aliphatic heterocycles. The highest BCUT2D eigenvalue weighted by Crippen LogP contribution is 2.37. The van der Waals surface area contributed by atoms with E-state index in [0.29, 0.717) is 12.4 Å². The van der Waals surface area contributed by atoms with E-state index in [4.69, 9.17) is 9.84 Å². The topological polar surface area (TPSA) is 92.7 Å². The van der Waals surface area contributed by atoms with Gasteiger partial charge < -0.3 is 9.84 Å². The second-order valence-electron chi connectivity index (χ2n) is 6.12. The summed E-state index contributed by atoms with van der Waals surface area (Å²) in [5.41, 5.74) is -0.866. The van der Waals surface area contributed by atoms with E-state index in [-0.39, 0.29) is 24.2 Å². The third-order valence-corrected chi connectivity index (χ3v) is 5.86. The highest BCUT2D eigenvalue weighted by Gasteiger charge is 2.43. The van der Waals surface area contributed by atoms with Crippen molar-refractivity contribution in [3.63, 3.8) is 0 Å². The lowest BCUT2D eigenvalue weighted by Crippen LogP contribution is -2.38. The maximum Gasteiger partial charge on any atom is 0.306 e. The Kier molecular flexibility index (Phi) is 4.05. The highest BCUT2D eigenvalue weighted by molar-refractivity contribution is 7.89. The van der Waals surface area contributed by atoms with Gasteiger partial charge in [-0.25, -0.2) is 17.5 Å². The van der Waals surface area contributed by atoms with Crippen molar-refractivity contribution in [2.45, 2.75) is 36.2 Å². The first kappa shape index (κ1) is 16.2. The van der Waals surface area contributed by atoms with Gasteiger partial charge in [0.2, 0.25) is 10.0 Å². The number of fused-ring (bicyclic) bond motifs is 1. The number of carbonyl (C=O) groups is 1. The smallest absolute Gasteiger partial charge is 0.306 e.